The van der Waals surface area contributed by atoms with Gasteiger partial charge in [-0.25, -0.2) is 0 Å². The van der Waals surface area contributed by atoms with Crippen molar-refractivity contribution in [2.24, 2.45) is 5.73 Å². The van der Waals surface area contributed by atoms with Crippen molar-refractivity contribution in [3.8, 4) is 5.75 Å². The largest absolute Gasteiger partial charge is 0.508 e. The molecular formula is C26H31N5O4S. The monoisotopic (exact) mass is 509 g/mol. The second-order valence-electron chi connectivity index (χ2n) is 9.79. The molecule has 3 amide bonds. The molecule has 1 unspecified atom stereocenters. The van der Waals surface area contributed by atoms with E-state index in [2.05, 4.69) is 23.5 Å². The highest BCUT2D eigenvalue weighted by Gasteiger charge is 2.37. The number of aromatic nitrogens is 1. The molecule has 0 saturated heterocycles. The van der Waals surface area contributed by atoms with Crippen LogP contribution >= 0.6 is 11.5 Å². The predicted octanol–water partition coefficient (Wildman–Crippen LogP) is 3.96. The number of phenols is 1. The quantitative estimate of drug-likeness (QED) is 0.378. The molecule has 9 nitrogen and oxygen atoms in total. The van der Waals surface area contributed by atoms with Gasteiger partial charge in [-0.2, -0.15) is 4.37 Å². The molecule has 0 radical (unpaired) electrons. The number of benzene rings is 2. The zero-order valence-electron chi connectivity index (χ0n) is 20.9. The molecule has 0 spiro atoms. The highest BCUT2D eigenvalue weighted by atomic mass is 32.1. The van der Waals surface area contributed by atoms with Crippen LogP contribution in [0, 0.1) is 0 Å². The summed E-state index contributed by atoms with van der Waals surface area (Å²) in [5, 5.41) is 12.8. The molecule has 0 fully saturated rings. The van der Waals surface area contributed by atoms with Gasteiger partial charge in [0.15, 0.2) is 5.69 Å². The van der Waals surface area contributed by atoms with Gasteiger partial charge >= 0.3 is 0 Å². The molecule has 0 aliphatic heterocycles. The van der Waals surface area contributed by atoms with Crippen LogP contribution in [0.4, 0.5) is 11.4 Å². The lowest BCUT2D eigenvalue weighted by Gasteiger charge is -2.33. The van der Waals surface area contributed by atoms with Gasteiger partial charge in [-0.05, 0) is 73.6 Å². The van der Waals surface area contributed by atoms with Crippen molar-refractivity contribution in [3.63, 3.8) is 0 Å². The average Bonchev–Trinajstić information content (AvgIpc) is 3.18. The van der Waals surface area contributed by atoms with Crippen molar-refractivity contribution >= 4 is 40.6 Å². The molecule has 190 valence electrons. The van der Waals surface area contributed by atoms with E-state index in [1.165, 1.54) is 17.0 Å². The summed E-state index contributed by atoms with van der Waals surface area (Å²) in [6.45, 7) is 9.61. The van der Waals surface area contributed by atoms with Crippen molar-refractivity contribution in [1.29, 1.82) is 0 Å². The summed E-state index contributed by atoms with van der Waals surface area (Å²) in [6, 6.07) is 12.2. The van der Waals surface area contributed by atoms with Crippen molar-refractivity contribution in [2.75, 3.05) is 10.6 Å². The molecule has 2 aromatic carbocycles. The van der Waals surface area contributed by atoms with Gasteiger partial charge in [0, 0.05) is 11.2 Å². The minimum atomic E-state index is -1.12. The highest BCUT2D eigenvalue weighted by Crippen LogP contribution is 2.34. The van der Waals surface area contributed by atoms with E-state index < -0.39 is 29.3 Å². The smallest absolute Gasteiger partial charge is 0.273 e. The van der Waals surface area contributed by atoms with Crippen molar-refractivity contribution in [2.45, 2.75) is 52.1 Å². The Morgan fingerprint density at radius 1 is 1.00 bits per heavy atom. The standard InChI is InChI=1S/C26H31N5O4S/c1-14(2)15-6-10-17(11-7-15)31(25(35)22-19(27)20(23(28)33)30-36-22)21(24(34)29-26(3,4)5)16-8-12-18(32)13-9-16/h6-14,21,32H,27H2,1-5H3,(H2,28,33)(H,29,34). The minimum absolute atomic E-state index is 0.0101. The van der Waals surface area contributed by atoms with Gasteiger partial charge in [0.1, 0.15) is 16.7 Å². The Kier molecular flexibility index (Phi) is 7.68. The summed E-state index contributed by atoms with van der Waals surface area (Å²) in [6.07, 6.45) is 0. The summed E-state index contributed by atoms with van der Waals surface area (Å²) in [5.74, 6) is -1.62. The number of primary amides is 1. The fourth-order valence-corrected chi connectivity index (χ4v) is 4.40. The molecular weight excluding hydrogens is 478 g/mol. The lowest BCUT2D eigenvalue weighted by Crippen LogP contribution is -2.49. The van der Waals surface area contributed by atoms with Crippen molar-refractivity contribution < 1.29 is 19.5 Å². The van der Waals surface area contributed by atoms with Gasteiger partial charge in [-0.15, -0.1) is 0 Å². The number of rotatable bonds is 7. The number of amides is 3. The van der Waals surface area contributed by atoms with Gasteiger partial charge in [-0.3, -0.25) is 19.3 Å². The Labute approximate surface area is 214 Å². The number of anilines is 2. The second-order valence-corrected chi connectivity index (χ2v) is 10.6. The molecule has 3 aromatic rings. The molecule has 1 atom stereocenters. The van der Waals surface area contributed by atoms with Crippen LogP contribution in [0.25, 0.3) is 0 Å². The Bertz CT molecular complexity index is 1260. The van der Waals surface area contributed by atoms with Crippen LogP contribution in [0.3, 0.4) is 0 Å². The number of hydrogen-bond donors (Lipinski definition) is 4. The van der Waals surface area contributed by atoms with E-state index in [9.17, 15) is 19.5 Å². The van der Waals surface area contributed by atoms with E-state index in [0.717, 1.165) is 17.1 Å². The van der Waals surface area contributed by atoms with Gasteiger partial charge in [-0.1, -0.05) is 38.1 Å². The van der Waals surface area contributed by atoms with Crippen LogP contribution < -0.4 is 21.7 Å². The molecule has 0 bridgehead atoms. The molecule has 10 heteroatoms. The zero-order chi connectivity index (χ0) is 26.8. The topological polar surface area (TPSA) is 152 Å². The average molecular weight is 510 g/mol. The highest BCUT2D eigenvalue weighted by molar-refractivity contribution is 7.09. The van der Waals surface area contributed by atoms with Crippen LogP contribution in [-0.4, -0.2) is 32.7 Å². The van der Waals surface area contributed by atoms with Crippen LogP contribution in [0.2, 0.25) is 0 Å². The van der Waals surface area contributed by atoms with Crippen LogP contribution in [0.15, 0.2) is 48.5 Å². The molecule has 1 heterocycles. The summed E-state index contributed by atoms with van der Waals surface area (Å²) in [4.78, 5) is 40.7. The first kappa shape index (κ1) is 26.7. The third kappa shape index (κ3) is 5.83. The van der Waals surface area contributed by atoms with Gasteiger partial charge in [0.25, 0.3) is 11.8 Å². The minimum Gasteiger partial charge on any atom is -0.508 e. The van der Waals surface area contributed by atoms with Crippen LogP contribution in [0.5, 0.6) is 5.75 Å². The third-order valence-corrected chi connectivity index (χ3v) is 6.28. The molecule has 0 aliphatic carbocycles. The van der Waals surface area contributed by atoms with E-state index in [-0.39, 0.29) is 27.9 Å². The Morgan fingerprint density at radius 3 is 2.03 bits per heavy atom. The fourth-order valence-electron chi connectivity index (χ4n) is 3.65. The number of carbonyl (C=O) groups excluding carboxylic acids is 3. The van der Waals surface area contributed by atoms with Gasteiger partial charge in [0.2, 0.25) is 5.91 Å². The number of nitrogen functional groups attached to an aromatic ring is 1. The fraction of sp³-hybridized carbons (Fsp3) is 0.308. The lowest BCUT2D eigenvalue weighted by molar-refractivity contribution is -0.123. The maximum atomic E-state index is 14.0. The second kappa shape index (κ2) is 10.4. The van der Waals surface area contributed by atoms with E-state index in [1.54, 1.807) is 24.3 Å². The predicted molar refractivity (Wildman–Crippen MR) is 141 cm³/mol. The third-order valence-electron chi connectivity index (χ3n) is 5.43. The van der Waals surface area contributed by atoms with Crippen LogP contribution in [0.1, 0.15) is 77.9 Å². The number of carbonyl (C=O) groups is 3. The van der Waals surface area contributed by atoms with E-state index in [1.807, 2.05) is 32.9 Å². The first-order chi connectivity index (χ1) is 16.8. The molecule has 3 rings (SSSR count). The Balaban J connectivity index is 2.23. The number of aromatic hydroxyl groups is 1. The summed E-state index contributed by atoms with van der Waals surface area (Å²) in [7, 11) is 0. The molecule has 0 saturated carbocycles. The normalized spacial score (nSPS) is 12.3. The van der Waals surface area contributed by atoms with E-state index in [4.69, 9.17) is 11.5 Å². The molecule has 1 aromatic heterocycles. The molecule has 6 N–H and O–H groups in total. The van der Waals surface area contributed by atoms with Crippen LogP contribution in [-0.2, 0) is 4.79 Å². The van der Waals surface area contributed by atoms with Gasteiger partial charge in [0.05, 0.1) is 5.69 Å². The lowest BCUT2D eigenvalue weighted by atomic mass is 9.99. The molecule has 36 heavy (non-hydrogen) atoms. The number of phenolic OH excluding ortho intramolecular Hbond substituents is 1. The van der Waals surface area contributed by atoms with Crippen molar-refractivity contribution in [3.05, 3.63) is 70.2 Å². The van der Waals surface area contributed by atoms with Crippen molar-refractivity contribution in [1.82, 2.24) is 9.69 Å². The Hall–Kier alpha value is -3.92. The maximum Gasteiger partial charge on any atom is 0.273 e. The number of hydrogen-bond acceptors (Lipinski definition) is 7. The SMILES string of the molecule is CC(C)c1ccc(N(C(=O)c2snc(C(N)=O)c2N)C(C(=O)NC(C)(C)C)c2ccc(O)cc2)cc1. The zero-order valence-corrected chi connectivity index (χ0v) is 21.7. The maximum absolute atomic E-state index is 14.0. The molecule has 0 aliphatic rings. The number of nitrogens with zero attached hydrogens (tertiary/aromatic N) is 2. The Morgan fingerprint density at radius 2 is 1.56 bits per heavy atom. The summed E-state index contributed by atoms with van der Waals surface area (Å²) >= 11 is 0.745. The summed E-state index contributed by atoms with van der Waals surface area (Å²) in [5.41, 5.74) is 12.5. The first-order valence-corrected chi connectivity index (χ1v) is 12.2. The van der Waals surface area contributed by atoms with Gasteiger partial charge < -0.3 is 21.9 Å². The summed E-state index contributed by atoms with van der Waals surface area (Å²) < 4.78 is 3.96. The first-order valence-electron chi connectivity index (χ1n) is 11.4. The number of nitrogens with one attached hydrogen (secondary N) is 1. The van der Waals surface area contributed by atoms with E-state index in [0.29, 0.717) is 11.3 Å². The number of nitrogens with two attached hydrogens (primary N) is 2. The van der Waals surface area contributed by atoms with E-state index >= 15 is 0 Å².